The summed E-state index contributed by atoms with van der Waals surface area (Å²) in [4.78, 5) is 21.1. The molecule has 8 heteroatoms. The lowest BCUT2D eigenvalue weighted by Crippen LogP contribution is -2.34. The van der Waals surface area contributed by atoms with E-state index in [1.807, 2.05) is 31.2 Å². The van der Waals surface area contributed by atoms with E-state index >= 15 is 0 Å². The number of aromatic nitrogens is 2. The summed E-state index contributed by atoms with van der Waals surface area (Å²) in [7, 11) is 1.51. The molecule has 0 aliphatic rings. The molecule has 2 aromatic carbocycles. The van der Waals surface area contributed by atoms with Gasteiger partial charge < -0.3 is 14.5 Å². The summed E-state index contributed by atoms with van der Waals surface area (Å²) in [6, 6.07) is 16.2. The number of nitrogens with one attached hydrogen (secondary N) is 2. The van der Waals surface area contributed by atoms with E-state index in [1.165, 1.54) is 7.11 Å². The van der Waals surface area contributed by atoms with Crippen LogP contribution in [0.4, 0.5) is 5.69 Å². The Balaban J connectivity index is 1.48. The average molecular weight is 418 g/mol. The third-order valence-electron chi connectivity index (χ3n) is 4.47. The molecule has 0 unspecified atom stereocenters. The number of anilines is 1. The molecule has 1 amide bonds. The van der Waals surface area contributed by atoms with Crippen LogP contribution in [0.3, 0.4) is 0 Å². The summed E-state index contributed by atoms with van der Waals surface area (Å²) >= 11 is 5.30. The first-order valence-corrected chi connectivity index (χ1v) is 9.54. The summed E-state index contributed by atoms with van der Waals surface area (Å²) < 4.78 is 11.0. The number of pyridine rings is 1. The Labute approximate surface area is 178 Å². The highest BCUT2D eigenvalue weighted by Gasteiger charge is 2.14. The van der Waals surface area contributed by atoms with Crippen LogP contribution in [0.25, 0.3) is 22.7 Å². The first-order valence-electron chi connectivity index (χ1n) is 9.13. The lowest BCUT2D eigenvalue weighted by molar-refractivity contribution is 0.0975. The molecule has 0 atom stereocenters. The fraction of sp³-hybridized carbons (Fsp3) is 0.0909. The van der Waals surface area contributed by atoms with Gasteiger partial charge in [0.05, 0.1) is 12.7 Å². The second-order valence-corrected chi connectivity index (χ2v) is 6.89. The SMILES string of the molecule is COc1ccccc1C(=O)NC(=S)Nc1ccc(-c2nc3ncccc3o2)cc1C. The standard InChI is InChI=1S/C22H18N4O3S/c1-13-12-14(21-25-19-18(29-21)8-5-11-23-19)9-10-16(13)24-22(30)26-20(27)15-6-3-4-7-17(15)28-2/h3-12H,1-2H3,(H2,24,26,27,30). The Hall–Kier alpha value is -3.78. The Bertz CT molecular complexity index is 1220. The monoisotopic (exact) mass is 418 g/mol. The van der Waals surface area contributed by atoms with Crippen molar-refractivity contribution in [3.8, 4) is 17.2 Å². The van der Waals surface area contributed by atoms with Crippen LogP contribution >= 0.6 is 12.2 Å². The van der Waals surface area contributed by atoms with Crippen LogP contribution in [0.2, 0.25) is 0 Å². The van der Waals surface area contributed by atoms with Crippen LogP contribution < -0.4 is 15.4 Å². The van der Waals surface area contributed by atoms with E-state index in [0.717, 1.165) is 16.8 Å². The molecule has 2 heterocycles. The predicted molar refractivity (Wildman–Crippen MR) is 119 cm³/mol. The van der Waals surface area contributed by atoms with Gasteiger partial charge in [-0.3, -0.25) is 10.1 Å². The zero-order valence-corrected chi connectivity index (χ0v) is 17.1. The van der Waals surface area contributed by atoms with E-state index in [0.29, 0.717) is 28.4 Å². The van der Waals surface area contributed by atoms with Crippen molar-refractivity contribution >= 4 is 40.2 Å². The smallest absolute Gasteiger partial charge is 0.261 e. The van der Waals surface area contributed by atoms with E-state index in [9.17, 15) is 4.79 Å². The zero-order valence-electron chi connectivity index (χ0n) is 16.3. The molecule has 7 nitrogen and oxygen atoms in total. The highest BCUT2D eigenvalue weighted by Crippen LogP contribution is 2.27. The fourth-order valence-corrected chi connectivity index (χ4v) is 3.19. The summed E-state index contributed by atoms with van der Waals surface area (Å²) in [6.45, 7) is 1.93. The summed E-state index contributed by atoms with van der Waals surface area (Å²) in [5.41, 5.74) is 4.09. The van der Waals surface area contributed by atoms with Gasteiger partial charge in [0.1, 0.15) is 5.75 Å². The normalized spacial score (nSPS) is 10.6. The minimum absolute atomic E-state index is 0.188. The molecule has 0 aliphatic heterocycles. The van der Waals surface area contributed by atoms with Crippen LogP contribution in [-0.2, 0) is 0 Å². The Morgan fingerprint density at radius 3 is 2.73 bits per heavy atom. The Kier molecular flexibility index (Phi) is 5.40. The van der Waals surface area contributed by atoms with Gasteiger partial charge in [-0.1, -0.05) is 12.1 Å². The summed E-state index contributed by atoms with van der Waals surface area (Å²) in [5.74, 6) is 0.620. The number of hydrogen-bond acceptors (Lipinski definition) is 6. The Morgan fingerprint density at radius 2 is 1.97 bits per heavy atom. The second kappa shape index (κ2) is 8.30. The molecular formula is C22H18N4O3S. The van der Waals surface area contributed by atoms with E-state index in [1.54, 1.807) is 36.5 Å². The number of hydrogen-bond donors (Lipinski definition) is 2. The third kappa shape index (κ3) is 3.99. The molecule has 0 aliphatic carbocycles. The van der Waals surface area contributed by atoms with Crippen molar-refractivity contribution in [1.29, 1.82) is 0 Å². The van der Waals surface area contributed by atoms with Gasteiger partial charge in [0, 0.05) is 17.4 Å². The number of rotatable bonds is 4. The molecule has 0 fully saturated rings. The lowest BCUT2D eigenvalue weighted by Gasteiger charge is -2.13. The highest BCUT2D eigenvalue weighted by molar-refractivity contribution is 7.80. The number of nitrogens with zero attached hydrogens (tertiary/aromatic N) is 2. The van der Waals surface area contributed by atoms with Crippen molar-refractivity contribution in [1.82, 2.24) is 15.3 Å². The minimum Gasteiger partial charge on any atom is -0.496 e. The quantitative estimate of drug-likeness (QED) is 0.477. The number of methoxy groups -OCH3 is 1. The molecule has 2 aromatic heterocycles. The van der Waals surface area contributed by atoms with Crippen LogP contribution in [0.1, 0.15) is 15.9 Å². The van der Waals surface area contributed by atoms with Gasteiger partial charge in [-0.25, -0.2) is 4.98 Å². The minimum atomic E-state index is -0.349. The van der Waals surface area contributed by atoms with Crippen molar-refractivity contribution in [2.75, 3.05) is 12.4 Å². The molecule has 4 aromatic rings. The van der Waals surface area contributed by atoms with E-state index in [4.69, 9.17) is 21.4 Å². The van der Waals surface area contributed by atoms with Crippen molar-refractivity contribution in [2.24, 2.45) is 0 Å². The number of oxazole rings is 1. The topological polar surface area (TPSA) is 89.3 Å². The molecule has 0 bridgehead atoms. The van der Waals surface area contributed by atoms with Crippen molar-refractivity contribution in [3.63, 3.8) is 0 Å². The Morgan fingerprint density at radius 1 is 1.13 bits per heavy atom. The largest absolute Gasteiger partial charge is 0.496 e. The van der Waals surface area contributed by atoms with Crippen LogP contribution in [0, 0.1) is 6.92 Å². The second-order valence-electron chi connectivity index (χ2n) is 6.48. The molecule has 0 saturated heterocycles. The molecule has 0 saturated carbocycles. The average Bonchev–Trinajstić information content (AvgIpc) is 3.19. The van der Waals surface area contributed by atoms with Crippen LogP contribution in [0.15, 0.2) is 65.2 Å². The zero-order chi connectivity index (χ0) is 21.1. The molecule has 30 heavy (non-hydrogen) atoms. The number of ether oxygens (including phenoxy) is 1. The number of fused-ring (bicyclic) bond motifs is 1. The first-order chi connectivity index (χ1) is 14.5. The first kappa shape index (κ1) is 19.5. The highest BCUT2D eigenvalue weighted by atomic mass is 32.1. The van der Waals surface area contributed by atoms with Gasteiger partial charge in [-0.05, 0) is 67.2 Å². The molecular weight excluding hydrogens is 400 g/mol. The lowest BCUT2D eigenvalue weighted by atomic mass is 10.1. The number of benzene rings is 2. The molecule has 4 rings (SSSR count). The van der Waals surface area contributed by atoms with Gasteiger partial charge in [0.25, 0.3) is 5.91 Å². The molecule has 150 valence electrons. The number of carbonyl (C=O) groups excluding carboxylic acids is 1. The van der Waals surface area contributed by atoms with Gasteiger partial charge in [0.15, 0.2) is 16.3 Å². The summed E-state index contributed by atoms with van der Waals surface area (Å²) in [6.07, 6.45) is 1.67. The number of carbonyl (C=O) groups is 1. The van der Waals surface area contributed by atoms with E-state index < -0.39 is 0 Å². The predicted octanol–water partition coefficient (Wildman–Crippen LogP) is 4.33. The summed E-state index contributed by atoms with van der Waals surface area (Å²) in [5, 5.41) is 5.91. The number of para-hydroxylation sites is 1. The maximum Gasteiger partial charge on any atom is 0.261 e. The van der Waals surface area contributed by atoms with Gasteiger partial charge in [-0.15, -0.1) is 0 Å². The van der Waals surface area contributed by atoms with Crippen molar-refractivity contribution in [2.45, 2.75) is 6.92 Å². The molecule has 0 radical (unpaired) electrons. The number of amides is 1. The van der Waals surface area contributed by atoms with Gasteiger partial charge in [-0.2, -0.15) is 4.98 Å². The van der Waals surface area contributed by atoms with E-state index in [2.05, 4.69) is 20.6 Å². The third-order valence-corrected chi connectivity index (χ3v) is 4.67. The van der Waals surface area contributed by atoms with Crippen molar-refractivity contribution in [3.05, 3.63) is 71.9 Å². The maximum atomic E-state index is 12.5. The van der Waals surface area contributed by atoms with E-state index in [-0.39, 0.29) is 11.0 Å². The van der Waals surface area contributed by atoms with Crippen LogP contribution in [0.5, 0.6) is 5.75 Å². The molecule has 2 N–H and O–H groups in total. The number of thiocarbonyl (C=S) groups is 1. The van der Waals surface area contributed by atoms with Crippen molar-refractivity contribution < 1.29 is 13.9 Å². The maximum absolute atomic E-state index is 12.5. The van der Waals surface area contributed by atoms with Gasteiger partial charge in [0.2, 0.25) is 5.89 Å². The van der Waals surface area contributed by atoms with Gasteiger partial charge >= 0.3 is 0 Å². The molecule has 0 spiro atoms. The fourth-order valence-electron chi connectivity index (χ4n) is 2.99. The number of aryl methyl sites for hydroxylation is 1. The van der Waals surface area contributed by atoms with Crippen LogP contribution in [-0.4, -0.2) is 28.1 Å².